The first-order chi connectivity index (χ1) is 14.7. The van der Waals surface area contributed by atoms with Gasteiger partial charge in [0.2, 0.25) is 0 Å². The van der Waals surface area contributed by atoms with Crippen LogP contribution >= 0.6 is 11.6 Å². The van der Waals surface area contributed by atoms with Gasteiger partial charge in [-0.05, 0) is 43.5 Å². The van der Waals surface area contributed by atoms with E-state index in [9.17, 15) is 19.2 Å². The second kappa shape index (κ2) is 9.26. The first-order valence-corrected chi connectivity index (χ1v) is 10.2. The van der Waals surface area contributed by atoms with Gasteiger partial charge in [0, 0.05) is 6.20 Å². The van der Waals surface area contributed by atoms with Gasteiger partial charge in [-0.25, -0.2) is 9.78 Å². The van der Waals surface area contributed by atoms with Crippen molar-refractivity contribution >= 4 is 41.1 Å². The molecule has 0 bridgehead atoms. The Balaban J connectivity index is 1.74. The summed E-state index contributed by atoms with van der Waals surface area (Å²) in [5.41, 5.74) is 0.488. The lowest BCUT2D eigenvalue weighted by molar-refractivity contribution is -0.157. The molecule has 2 heterocycles. The molecule has 1 aromatic carbocycles. The summed E-state index contributed by atoms with van der Waals surface area (Å²) >= 11 is 5.77. The van der Waals surface area contributed by atoms with E-state index in [2.05, 4.69) is 10.3 Å². The number of hydrogen-bond acceptors (Lipinski definition) is 6. The number of imide groups is 1. The number of anilines is 1. The Morgan fingerprint density at radius 3 is 2.19 bits per heavy atom. The molecule has 0 aliphatic carbocycles. The van der Waals surface area contributed by atoms with Crippen molar-refractivity contribution in [3.05, 3.63) is 58.7 Å². The number of aromatic nitrogens is 1. The number of ether oxygens (including phenoxy) is 1. The number of pyridine rings is 1. The van der Waals surface area contributed by atoms with Crippen LogP contribution in [0.25, 0.3) is 0 Å². The molecular formula is C22H22ClN3O5. The zero-order valence-corrected chi connectivity index (χ0v) is 18.1. The van der Waals surface area contributed by atoms with Crippen molar-refractivity contribution in [3.63, 3.8) is 0 Å². The molecular weight excluding hydrogens is 422 g/mol. The summed E-state index contributed by atoms with van der Waals surface area (Å²) in [6, 6.07) is 8.32. The fraction of sp³-hybridized carbons (Fsp3) is 0.318. The number of hydrogen-bond donors (Lipinski definition) is 1. The molecule has 162 valence electrons. The van der Waals surface area contributed by atoms with Crippen LogP contribution in [0, 0.1) is 5.92 Å². The molecule has 1 aliphatic rings. The van der Waals surface area contributed by atoms with E-state index >= 15 is 0 Å². The highest BCUT2D eigenvalue weighted by Crippen LogP contribution is 2.27. The zero-order valence-electron chi connectivity index (χ0n) is 17.3. The molecule has 1 aliphatic heterocycles. The molecule has 0 fully saturated rings. The maximum absolute atomic E-state index is 12.9. The van der Waals surface area contributed by atoms with E-state index in [1.165, 1.54) is 19.2 Å². The minimum atomic E-state index is -1.17. The number of nitrogens with one attached hydrogen (secondary N) is 1. The summed E-state index contributed by atoms with van der Waals surface area (Å²) in [5, 5.41) is 2.93. The summed E-state index contributed by atoms with van der Waals surface area (Å²) < 4.78 is 5.33. The first kappa shape index (κ1) is 22.4. The van der Waals surface area contributed by atoms with Gasteiger partial charge in [0.25, 0.3) is 17.7 Å². The molecule has 3 rings (SSSR count). The number of carbonyl (C=O) groups is 4. The maximum Gasteiger partial charge on any atom is 0.330 e. The van der Waals surface area contributed by atoms with E-state index in [1.54, 1.807) is 30.3 Å². The van der Waals surface area contributed by atoms with Crippen LogP contribution in [0.1, 0.15) is 47.9 Å². The Labute approximate surface area is 184 Å². The standard InChI is InChI=1S/C22H22ClN3O5/c1-12(2)10-17(26-20(28)15-6-4-5-7-16(15)21(26)29)22(30)31-13(3)19(27)25-18-9-8-14(23)11-24-18/h4-9,11-13,17H,10H2,1-3H3,(H,24,25,27). The van der Waals surface area contributed by atoms with E-state index < -0.39 is 35.8 Å². The van der Waals surface area contributed by atoms with Crippen LogP contribution in [0.15, 0.2) is 42.6 Å². The van der Waals surface area contributed by atoms with Gasteiger partial charge >= 0.3 is 5.97 Å². The Hall–Kier alpha value is -3.26. The zero-order chi connectivity index (χ0) is 22.7. The lowest BCUT2D eigenvalue weighted by Gasteiger charge is -2.27. The Morgan fingerprint density at radius 1 is 1.06 bits per heavy atom. The molecule has 2 atom stereocenters. The summed E-state index contributed by atoms with van der Waals surface area (Å²) in [7, 11) is 0. The number of halogens is 1. The first-order valence-electron chi connectivity index (χ1n) is 9.79. The smallest absolute Gasteiger partial charge is 0.330 e. The van der Waals surface area contributed by atoms with Gasteiger partial charge in [0.1, 0.15) is 11.9 Å². The topological polar surface area (TPSA) is 106 Å². The second-order valence-electron chi connectivity index (χ2n) is 7.60. The van der Waals surface area contributed by atoms with Crippen molar-refractivity contribution in [3.8, 4) is 0 Å². The van der Waals surface area contributed by atoms with Gasteiger partial charge in [0.15, 0.2) is 6.10 Å². The van der Waals surface area contributed by atoms with Crippen molar-refractivity contribution in [2.24, 2.45) is 5.92 Å². The lowest BCUT2D eigenvalue weighted by atomic mass is 10.0. The number of esters is 1. The average molecular weight is 444 g/mol. The minimum absolute atomic E-state index is 0.00994. The number of fused-ring (bicyclic) bond motifs is 1. The quantitative estimate of drug-likeness (QED) is 0.519. The molecule has 2 unspecified atom stereocenters. The van der Waals surface area contributed by atoms with Gasteiger partial charge < -0.3 is 10.1 Å². The van der Waals surface area contributed by atoms with Gasteiger partial charge in [-0.2, -0.15) is 0 Å². The molecule has 3 amide bonds. The van der Waals surface area contributed by atoms with Crippen LogP contribution in [-0.4, -0.2) is 45.7 Å². The summed E-state index contributed by atoms with van der Waals surface area (Å²) in [6.07, 6.45) is 0.404. The Bertz CT molecular complexity index is 987. The molecule has 2 aromatic rings. The van der Waals surface area contributed by atoms with Gasteiger partial charge in [-0.15, -0.1) is 0 Å². The van der Waals surface area contributed by atoms with E-state index in [-0.39, 0.29) is 29.3 Å². The van der Waals surface area contributed by atoms with Crippen LogP contribution in [-0.2, 0) is 14.3 Å². The fourth-order valence-corrected chi connectivity index (χ4v) is 3.34. The van der Waals surface area contributed by atoms with Crippen molar-refractivity contribution in [2.75, 3.05) is 5.32 Å². The average Bonchev–Trinajstić information content (AvgIpc) is 2.98. The Kier molecular flexibility index (Phi) is 6.70. The van der Waals surface area contributed by atoms with Crippen LogP contribution in [0.5, 0.6) is 0 Å². The highest BCUT2D eigenvalue weighted by molar-refractivity contribution is 6.30. The van der Waals surface area contributed by atoms with Crippen molar-refractivity contribution in [1.29, 1.82) is 0 Å². The number of amides is 3. The molecule has 1 aromatic heterocycles. The molecule has 8 nitrogen and oxygen atoms in total. The predicted octanol–water partition coefficient (Wildman–Crippen LogP) is 3.32. The van der Waals surface area contributed by atoms with Crippen LogP contribution in [0.4, 0.5) is 5.82 Å². The van der Waals surface area contributed by atoms with E-state index in [4.69, 9.17) is 16.3 Å². The number of nitrogens with zero attached hydrogens (tertiary/aromatic N) is 2. The van der Waals surface area contributed by atoms with Crippen molar-refractivity contribution in [2.45, 2.75) is 39.3 Å². The van der Waals surface area contributed by atoms with Gasteiger partial charge in [-0.3, -0.25) is 19.3 Å². The molecule has 0 saturated heterocycles. The second-order valence-corrected chi connectivity index (χ2v) is 8.04. The van der Waals surface area contributed by atoms with E-state index in [0.29, 0.717) is 5.02 Å². The van der Waals surface area contributed by atoms with Crippen LogP contribution in [0.2, 0.25) is 5.02 Å². The molecule has 0 spiro atoms. The highest BCUT2D eigenvalue weighted by atomic mass is 35.5. The van der Waals surface area contributed by atoms with Crippen molar-refractivity contribution in [1.82, 2.24) is 9.88 Å². The largest absolute Gasteiger partial charge is 0.451 e. The number of carbonyl (C=O) groups excluding carboxylic acids is 4. The third kappa shape index (κ3) is 4.91. The van der Waals surface area contributed by atoms with E-state index in [0.717, 1.165) is 4.90 Å². The third-order valence-electron chi connectivity index (χ3n) is 4.74. The lowest BCUT2D eigenvalue weighted by Crippen LogP contribution is -2.48. The minimum Gasteiger partial charge on any atom is -0.451 e. The van der Waals surface area contributed by atoms with Gasteiger partial charge in [-0.1, -0.05) is 37.6 Å². The number of benzene rings is 1. The summed E-state index contributed by atoms with van der Waals surface area (Å²) in [4.78, 5) is 55.9. The monoisotopic (exact) mass is 443 g/mol. The maximum atomic E-state index is 12.9. The van der Waals surface area contributed by atoms with Crippen LogP contribution in [0.3, 0.4) is 0 Å². The normalized spacial score (nSPS) is 14.9. The van der Waals surface area contributed by atoms with Gasteiger partial charge in [0.05, 0.1) is 16.1 Å². The van der Waals surface area contributed by atoms with Crippen molar-refractivity contribution < 1.29 is 23.9 Å². The molecule has 0 saturated carbocycles. The molecule has 0 radical (unpaired) electrons. The van der Waals surface area contributed by atoms with E-state index in [1.807, 2.05) is 13.8 Å². The molecule has 9 heteroatoms. The summed E-state index contributed by atoms with van der Waals surface area (Å²) in [5.74, 6) is -2.29. The highest BCUT2D eigenvalue weighted by Gasteiger charge is 2.44. The molecule has 31 heavy (non-hydrogen) atoms. The Morgan fingerprint density at radius 2 is 1.68 bits per heavy atom. The predicted molar refractivity (Wildman–Crippen MR) is 114 cm³/mol. The SMILES string of the molecule is CC(C)CC(C(=O)OC(C)C(=O)Nc1ccc(Cl)cn1)N1C(=O)c2ccccc2C1=O. The fourth-order valence-electron chi connectivity index (χ4n) is 3.23. The third-order valence-corrected chi connectivity index (χ3v) is 4.97. The van der Waals surface area contributed by atoms with Crippen LogP contribution < -0.4 is 5.32 Å². The number of rotatable bonds is 7. The molecule has 1 N–H and O–H groups in total. The summed E-state index contributed by atoms with van der Waals surface area (Å²) in [6.45, 7) is 5.12.